The third-order valence-corrected chi connectivity index (χ3v) is 5.10. The molecule has 2 N–H and O–H groups in total. The molecule has 2 aromatic rings. The maximum Gasteiger partial charge on any atom is 0.131 e. The molecule has 2 aromatic carbocycles. The summed E-state index contributed by atoms with van der Waals surface area (Å²) in [5.74, 6) is 0. The van der Waals surface area contributed by atoms with Crippen LogP contribution in [0.15, 0.2) is 48.5 Å². The molecule has 1 fully saturated rings. The van der Waals surface area contributed by atoms with Gasteiger partial charge in [0.2, 0.25) is 0 Å². The molecule has 0 spiro atoms. The van der Waals surface area contributed by atoms with Crippen LogP contribution in [0, 0.1) is 0 Å². The van der Waals surface area contributed by atoms with Crippen molar-refractivity contribution in [3.63, 3.8) is 0 Å². The molecule has 0 saturated carbocycles. The van der Waals surface area contributed by atoms with Gasteiger partial charge in [0.25, 0.3) is 0 Å². The normalized spacial score (nSPS) is 19.4. The summed E-state index contributed by atoms with van der Waals surface area (Å²) in [6.07, 6.45) is 0.354. The van der Waals surface area contributed by atoms with E-state index in [0.29, 0.717) is 13.2 Å². The molecule has 1 heterocycles. The number of nitrogens with zero attached hydrogens (tertiary/aromatic N) is 1. The maximum absolute atomic E-state index is 10.4. The Morgan fingerprint density at radius 3 is 2.46 bits per heavy atom. The van der Waals surface area contributed by atoms with Crippen LogP contribution in [-0.2, 0) is 11.2 Å². The standard InChI is InChI=1S/C21H27ClN2O2/c1-2-26-15-21(25)24-12-11-23-14-20(24)13-16-3-5-17(6-4-16)18-7-9-19(22)10-8-18/h3-10,20-21,23,25H,2,11-15H2,1H3. The van der Waals surface area contributed by atoms with E-state index < -0.39 is 6.23 Å². The highest BCUT2D eigenvalue weighted by atomic mass is 35.5. The van der Waals surface area contributed by atoms with Crippen molar-refractivity contribution in [1.82, 2.24) is 10.2 Å². The summed E-state index contributed by atoms with van der Waals surface area (Å²) in [6, 6.07) is 16.8. The predicted octanol–water partition coefficient (Wildman–Crippen LogP) is 3.18. The summed E-state index contributed by atoms with van der Waals surface area (Å²) in [5.41, 5.74) is 3.61. The minimum atomic E-state index is -0.546. The van der Waals surface area contributed by atoms with E-state index in [-0.39, 0.29) is 6.04 Å². The molecule has 0 amide bonds. The van der Waals surface area contributed by atoms with Gasteiger partial charge in [0, 0.05) is 37.3 Å². The second-order valence-corrected chi connectivity index (χ2v) is 7.08. The molecule has 2 unspecified atom stereocenters. The number of halogens is 1. The first-order chi connectivity index (χ1) is 12.7. The molecule has 26 heavy (non-hydrogen) atoms. The summed E-state index contributed by atoms with van der Waals surface area (Å²) in [7, 11) is 0. The molecular formula is C21H27ClN2O2. The van der Waals surface area contributed by atoms with Gasteiger partial charge in [-0.05, 0) is 42.2 Å². The molecule has 2 atom stereocenters. The molecule has 1 aliphatic rings. The van der Waals surface area contributed by atoms with Crippen molar-refractivity contribution in [2.45, 2.75) is 25.6 Å². The van der Waals surface area contributed by atoms with Crippen molar-refractivity contribution in [2.24, 2.45) is 0 Å². The largest absolute Gasteiger partial charge is 0.378 e. The van der Waals surface area contributed by atoms with Gasteiger partial charge >= 0.3 is 0 Å². The summed E-state index contributed by atoms with van der Waals surface area (Å²) in [5, 5.41) is 14.6. The Kier molecular flexibility index (Phi) is 7.06. The Morgan fingerprint density at radius 1 is 1.15 bits per heavy atom. The number of aliphatic hydroxyl groups excluding tert-OH is 1. The zero-order valence-corrected chi connectivity index (χ0v) is 16.0. The van der Waals surface area contributed by atoms with Crippen LogP contribution in [0.3, 0.4) is 0 Å². The van der Waals surface area contributed by atoms with E-state index in [4.69, 9.17) is 16.3 Å². The van der Waals surface area contributed by atoms with Crippen molar-refractivity contribution in [3.8, 4) is 11.1 Å². The average Bonchev–Trinajstić information content (AvgIpc) is 2.68. The first-order valence-electron chi connectivity index (χ1n) is 9.24. The molecule has 0 aromatic heterocycles. The van der Waals surface area contributed by atoms with E-state index in [0.717, 1.165) is 36.6 Å². The van der Waals surface area contributed by atoms with Gasteiger partial charge in [-0.15, -0.1) is 0 Å². The van der Waals surface area contributed by atoms with Gasteiger partial charge in [-0.3, -0.25) is 4.90 Å². The zero-order chi connectivity index (χ0) is 18.4. The SMILES string of the molecule is CCOCC(O)N1CCNCC1Cc1ccc(-c2ccc(Cl)cc2)cc1. The highest BCUT2D eigenvalue weighted by Crippen LogP contribution is 2.23. The lowest BCUT2D eigenvalue weighted by Gasteiger charge is -2.39. The fraction of sp³-hybridized carbons (Fsp3) is 0.429. The third-order valence-electron chi connectivity index (χ3n) is 4.85. The zero-order valence-electron chi connectivity index (χ0n) is 15.2. The van der Waals surface area contributed by atoms with E-state index >= 15 is 0 Å². The number of piperazine rings is 1. The molecule has 5 heteroatoms. The molecular weight excluding hydrogens is 348 g/mol. The van der Waals surface area contributed by atoms with Crippen LogP contribution in [-0.4, -0.2) is 55.1 Å². The second kappa shape index (κ2) is 9.49. The Hall–Kier alpha value is -1.43. The van der Waals surface area contributed by atoms with Gasteiger partial charge in [0.1, 0.15) is 6.23 Å². The summed E-state index contributed by atoms with van der Waals surface area (Å²) in [6.45, 7) is 5.55. The first-order valence-corrected chi connectivity index (χ1v) is 9.62. The number of rotatable bonds is 7. The lowest BCUT2D eigenvalue weighted by atomic mass is 9.99. The van der Waals surface area contributed by atoms with Crippen LogP contribution < -0.4 is 5.32 Å². The van der Waals surface area contributed by atoms with E-state index in [9.17, 15) is 5.11 Å². The van der Waals surface area contributed by atoms with Crippen LogP contribution in [0.5, 0.6) is 0 Å². The summed E-state index contributed by atoms with van der Waals surface area (Å²) in [4.78, 5) is 2.15. The smallest absolute Gasteiger partial charge is 0.131 e. The minimum Gasteiger partial charge on any atom is -0.378 e. The van der Waals surface area contributed by atoms with Crippen molar-refractivity contribution in [3.05, 3.63) is 59.1 Å². The Bertz CT molecular complexity index is 675. The molecule has 3 rings (SSSR count). The van der Waals surface area contributed by atoms with Gasteiger partial charge in [0.05, 0.1) is 6.61 Å². The lowest BCUT2D eigenvalue weighted by molar-refractivity contribution is -0.0810. The third kappa shape index (κ3) is 5.06. The fourth-order valence-electron chi connectivity index (χ4n) is 3.43. The van der Waals surface area contributed by atoms with Gasteiger partial charge in [-0.25, -0.2) is 0 Å². The molecule has 140 valence electrons. The minimum absolute atomic E-state index is 0.264. The summed E-state index contributed by atoms with van der Waals surface area (Å²) >= 11 is 5.96. The van der Waals surface area contributed by atoms with Crippen molar-refractivity contribution < 1.29 is 9.84 Å². The number of hydrogen-bond acceptors (Lipinski definition) is 4. The van der Waals surface area contributed by atoms with Gasteiger partial charge < -0.3 is 15.2 Å². The van der Waals surface area contributed by atoms with E-state index in [1.807, 2.05) is 31.2 Å². The molecule has 0 bridgehead atoms. The van der Waals surface area contributed by atoms with Crippen molar-refractivity contribution in [2.75, 3.05) is 32.8 Å². The molecule has 0 aliphatic carbocycles. The van der Waals surface area contributed by atoms with Gasteiger partial charge in [0.15, 0.2) is 0 Å². The number of benzene rings is 2. The number of nitrogens with one attached hydrogen (secondary N) is 1. The highest BCUT2D eigenvalue weighted by Gasteiger charge is 2.27. The Morgan fingerprint density at radius 2 is 1.81 bits per heavy atom. The summed E-state index contributed by atoms with van der Waals surface area (Å²) < 4.78 is 5.40. The van der Waals surface area contributed by atoms with E-state index in [1.54, 1.807) is 0 Å². The number of ether oxygens (including phenoxy) is 1. The molecule has 4 nitrogen and oxygen atoms in total. The maximum atomic E-state index is 10.4. The van der Waals surface area contributed by atoms with E-state index in [2.05, 4.69) is 34.5 Å². The topological polar surface area (TPSA) is 44.7 Å². The van der Waals surface area contributed by atoms with Crippen LogP contribution in [0.1, 0.15) is 12.5 Å². The van der Waals surface area contributed by atoms with E-state index in [1.165, 1.54) is 11.1 Å². The van der Waals surface area contributed by atoms with Crippen LogP contribution in [0.25, 0.3) is 11.1 Å². The number of aliphatic hydroxyl groups is 1. The van der Waals surface area contributed by atoms with Crippen LogP contribution >= 0.6 is 11.6 Å². The molecule has 0 radical (unpaired) electrons. The second-order valence-electron chi connectivity index (χ2n) is 6.64. The molecule has 1 saturated heterocycles. The van der Waals surface area contributed by atoms with Crippen molar-refractivity contribution in [1.29, 1.82) is 0 Å². The highest BCUT2D eigenvalue weighted by molar-refractivity contribution is 6.30. The predicted molar refractivity (Wildman–Crippen MR) is 106 cm³/mol. The average molecular weight is 375 g/mol. The van der Waals surface area contributed by atoms with Crippen LogP contribution in [0.4, 0.5) is 0 Å². The van der Waals surface area contributed by atoms with Crippen molar-refractivity contribution >= 4 is 11.6 Å². The quantitative estimate of drug-likeness (QED) is 0.781. The van der Waals surface area contributed by atoms with Gasteiger partial charge in [-0.1, -0.05) is 48.0 Å². The van der Waals surface area contributed by atoms with Gasteiger partial charge in [-0.2, -0.15) is 0 Å². The fourth-order valence-corrected chi connectivity index (χ4v) is 3.55. The lowest BCUT2D eigenvalue weighted by Crippen LogP contribution is -2.57. The number of hydrogen-bond donors (Lipinski definition) is 2. The van der Waals surface area contributed by atoms with Crippen LogP contribution in [0.2, 0.25) is 5.02 Å². The Labute approximate surface area is 160 Å². The Balaban J connectivity index is 1.65. The monoisotopic (exact) mass is 374 g/mol. The molecule has 1 aliphatic heterocycles. The first kappa shape index (κ1) is 19.3.